The zero-order chi connectivity index (χ0) is 22.1. The molecule has 7 nitrogen and oxygen atoms in total. The van der Waals surface area contributed by atoms with Gasteiger partial charge in [0.05, 0.1) is 22.8 Å². The Kier molecular flexibility index (Phi) is 5.76. The van der Waals surface area contributed by atoms with Crippen molar-refractivity contribution in [2.45, 2.75) is 32.7 Å². The van der Waals surface area contributed by atoms with E-state index in [4.69, 9.17) is 4.98 Å². The Bertz CT molecular complexity index is 1100. The third-order valence-corrected chi connectivity index (χ3v) is 5.93. The highest BCUT2D eigenvalue weighted by atomic mass is 16.2. The van der Waals surface area contributed by atoms with Gasteiger partial charge in [-0.15, -0.1) is 0 Å². The Labute approximate surface area is 182 Å². The molecule has 0 N–H and O–H groups in total. The molecule has 0 spiro atoms. The van der Waals surface area contributed by atoms with E-state index in [1.54, 1.807) is 25.2 Å². The smallest absolute Gasteiger partial charge is 0.254 e. The predicted molar refractivity (Wildman–Crippen MR) is 121 cm³/mol. The first-order valence-corrected chi connectivity index (χ1v) is 10.8. The van der Waals surface area contributed by atoms with Crippen LogP contribution in [-0.4, -0.2) is 63.6 Å². The van der Waals surface area contributed by atoms with Crippen molar-refractivity contribution in [2.24, 2.45) is 5.92 Å². The molecule has 1 fully saturated rings. The summed E-state index contributed by atoms with van der Waals surface area (Å²) in [6.07, 6.45) is 3.12. The Morgan fingerprint density at radius 1 is 1.10 bits per heavy atom. The number of carbonyl (C=O) groups excluding carboxylic acids is 2. The van der Waals surface area contributed by atoms with Crippen molar-refractivity contribution in [1.82, 2.24) is 24.6 Å². The van der Waals surface area contributed by atoms with Gasteiger partial charge in [0.2, 0.25) is 5.91 Å². The molecule has 7 heteroatoms. The van der Waals surface area contributed by atoms with Crippen molar-refractivity contribution in [1.29, 1.82) is 0 Å². The number of likely N-dealkylation sites (tertiary alicyclic amines) is 1. The zero-order valence-corrected chi connectivity index (χ0v) is 18.6. The molecule has 162 valence electrons. The molecule has 1 aliphatic heterocycles. The van der Waals surface area contributed by atoms with Gasteiger partial charge in [-0.25, -0.2) is 9.67 Å². The minimum Gasteiger partial charge on any atom is -0.349 e. The van der Waals surface area contributed by atoms with Gasteiger partial charge in [0.15, 0.2) is 5.65 Å². The molecule has 4 rings (SSSR count). The standard InChI is InChI=1S/C24H29N5O2/c1-16(2)29-22-20(15-25-29)19(14-21(26-22)17-8-6-5-7-9-17)24(31)28-12-10-18(11-13-28)23(30)27(3)4/h5-9,14-16,18H,10-13H2,1-4H3. The van der Waals surface area contributed by atoms with Gasteiger partial charge in [0.25, 0.3) is 5.91 Å². The van der Waals surface area contributed by atoms with E-state index in [9.17, 15) is 9.59 Å². The number of amides is 2. The topological polar surface area (TPSA) is 71.3 Å². The van der Waals surface area contributed by atoms with E-state index >= 15 is 0 Å². The summed E-state index contributed by atoms with van der Waals surface area (Å²) < 4.78 is 1.86. The van der Waals surface area contributed by atoms with Crippen molar-refractivity contribution in [3.8, 4) is 11.3 Å². The van der Waals surface area contributed by atoms with Crippen LogP contribution in [0.1, 0.15) is 43.1 Å². The van der Waals surface area contributed by atoms with Gasteiger partial charge in [-0.2, -0.15) is 5.10 Å². The number of piperidine rings is 1. The fourth-order valence-electron chi connectivity index (χ4n) is 4.19. The Balaban J connectivity index is 1.70. The average Bonchev–Trinajstić information content (AvgIpc) is 3.22. The minimum absolute atomic E-state index is 0.0138. The van der Waals surface area contributed by atoms with Crippen molar-refractivity contribution in [3.05, 3.63) is 48.2 Å². The number of benzene rings is 1. The summed E-state index contributed by atoms with van der Waals surface area (Å²) in [5, 5.41) is 5.27. The lowest BCUT2D eigenvalue weighted by molar-refractivity contribution is -0.134. The lowest BCUT2D eigenvalue weighted by Crippen LogP contribution is -2.42. The van der Waals surface area contributed by atoms with E-state index < -0.39 is 0 Å². The maximum absolute atomic E-state index is 13.6. The van der Waals surface area contributed by atoms with Crippen LogP contribution >= 0.6 is 0 Å². The molecular formula is C24H29N5O2. The maximum atomic E-state index is 13.6. The van der Waals surface area contributed by atoms with E-state index in [2.05, 4.69) is 18.9 Å². The number of hydrogen-bond donors (Lipinski definition) is 0. The van der Waals surface area contributed by atoms with Crippen LogP contribution in [0.3, 0.4) is 0 Å². The van der Waals surface area contributed by atoms with Crippen LogP contribution in [0, 0.1) is 5.92 Å². The molecular weight excluding hydrogens is 390 g/mol. The molecule has 0 aliphatic carbocycles. The SMILES string of the molecule is CC(C)n1ncc2c(C(=O)N3CCC(C(=O)N(C)C)CC3)cc(-c3ccccc3)nc21. The quantitative estimate of drug-likeness (QED) is 0.648. The second kappa shape index (κ2) is 8.49. The lowest BCUT2D eigenvalue weighted by atomic mass is 9.94. The average molecular weight is 420 g/mol. The van der Waals surface area contributed by atoms with Crippen LogP contribution in [0.2, 0.25) is 0 Å². The number of nitrogens with zero attached hydrogens (tertiary/aromatic N) is 5. The highest BCUT2D eigenvalue weighted by molar-refractivity contribution is 6.06. The van der Waals surface area contributed by atoms with Crippen molar-refractivity contribution in [3.63, 3.8) is 0 Å². The third kappa shape index (κ3) is 4.04. The van der Waals surface area contributed by atoms with Crippen LogP contribution in [0.5, 0.6) is 0 Å². The monoisotopic (exact) mass is 419 g/mol. The summed E-state index contributed by atoms with van der Waals surface area (Å²) in [4.78, 5) is 34.2. The highest BCUT2D eigenvalue weighted by Gasteiger charge is 2.30. The number of hydrogen-bond acceptors (Lipinski definition) is 4. The summed E-state index contributed by atoms with van der Waals surface area (Å²) >= 11 is 0. The van der Waals surface area contributed by atoms with Crippen LogP contribution in [0.4, 0.5) is 0 Å². The Morgan fingerprint density at radius 3 is 2.39 bits per heavy atom. The van der Waals surface area contributed by atoms with Gasteiger partial charge in [0.1, 0.15) is 0 Å². The summed E-state index contributed by atoms with van der Waals surface area (Å²) in [5.74, 6) is 0.103. The molecule has 3 aromatic rings. The minimum atomic E-state index is -0.0244. The molecule has 0 atom stereocenters. The second-order valence-corrected chi connectivity index (χ2v) is 8.64. The molecule has 1 saturated heterocycles. The van der Waals surface area contributed by atoms with E-state index in [1.165, 1.54) is 0 Å². The normalized spacial score (nSPS) is 14.9. The molecule has 2 amide bonds. The molecule has 2 aromatic heterocycles. The second-order valence-electron chi connectivity index (χ2n) is 8.64. The molecule has 3 heterocycles. The molecule has 31 heavy (non-hydrogen) atoms. The lowest BCUT2D eigenvalue weighted by Gasteiger charge is -2.32. The van der Waals surface area contributed by atoms with Gasteiger partial charge in [-0.1, -0.05) is 30.3 Å². The summed E-state index contributed by atoms with van der Waals surface area (Å²) in [7, 11) is 3.57. The molecule has 1 aromatic carbocycles. The Hall–Kier alpha value is -3.22. The Morgan fingerprint density at radius 2 is 1.77 bits per heavy atom. The maximum Gasteiger partial charge on any atom is 0.254 e. The summed E-state index contributed by atoms with van der Waals surface area (Å²) in [6, 6.07) is 11.9. The fourth-order valence-corrected chi connectivity index (χ4v) is 4.19. The van der Waals surface area contributed by atoms with Crippen molar-refractivity contribution >= 4 is 22.8 Å². The van der Waals surface area contributed by atoms with Crippen molar-refractivity contribution in [2.75, 3.05) is 27.2 Å². The first kappa shape index (κ1) is 21.0. The zero-order valence-electron chi connectivity index (χ0n) is 18.6. The number of rotatable bonds is 4. The molecule has 0 radical (unpaired) electrons. The molecule has 0 bridgehead atoms. The van der Waals surface area contributed by atoms with E-state index in [0.29, 0.717) is 31.5 Å². The first-order valence-electron chi connectivity index (χ1n) is 10.8. The van der Waals surface area contributed by atoms with Gasteiger partial charge in [-0.3, -0.25) is 9.59 Å². The number of aromatic nitrogens is 3. The fraction of sp³-hybridized carbons (Fsp3) is 0.417. The largest absolute Gasteiger partial charge is 0.349 e. The molecule has 1 aliphatic rings. The summed E-state index contributed by atoms with van der Waals surface area (Å²) in [6.45, 7) is 5.26. The van der Waals surface area contributed by atoms with E-state index in [1.807, 2.05) is 46.0 Å². The number of carbonyl (C=O) groups is 2. The summed E-state index contributed by atoms with van der Waals surface area (Å²) in [5.41, 5.74) is 3.06. The first-order chi connectivity index (χ1) is 14.9. The van der Waals surface area contributed by atoms with Crippen LogP contribution in [0.15, 0.2) is 42.6 Å². The van der Waals surface area contributed by atoms with Gasteiger partial charge in [0, 0.05) is 44.7 Å². The van der Waals surface area contributed by atoms with Crippen LogP contribution in [0.25, 0.3) is 22.3 Å². The van der Waals surface area contributed by atoms with Crippen LogP contribution < -0.4 is 0 Å². The highest BCUT2D eigenvalue weighted by Crippen LogP contribution is 2.28. The third-order valence-electron chi connectivity index (χ3n) is 5.93. The van der Waals surface area contributed by atoms with Gasteiger partial charge < -0.3 is 9.80 Å². The van der Waals surface area contributed by atoms with Gasteiger partial charge >= 0.3 is 0 Å². The number of fused-ring (bicyclic) bond motifs is 1. The number of pyridine rings is 1. The molecule has 0 unspecified atom stereocenters. The van der Waals surface area contributed by atoms with E-state index in [-0.39, 0.29) is 23.8 Å². The van der Waals surface area contributed by atoms with Crippen molar-refractivity contribution < 1.29 is 9.59 Å². The van der Waals surface area contributed by atoms with E-state index in [0.717, 1.165) is 22.3 Å². The van der Waals surface area contributed by atoms with Crippen LogP contribution in [-0.2, 0) is 4.79 Å². The van der Waals surface area contributed by atoms with Gasteiger partial charge in [-0.05, 0) is 32.8 Å². The predicted octanol–water partition coefficient (Wildman–Crippen LogP) is 3.62. The molecule has 0 saturated carbocycles.